The minimum absolute atomic E-state index is 0.0760. The summed E-state index contributed by atoms with van der Waals surface area (Å²) < 4.78 is 15.3. The number of nitriles is 2. The second kappa shape index (κ2) is 6.69. The Kier molecular flexibility index (Phi) is 3.98. The van der Waals surface area contributed by atoms with E-state index in [0.29, 0.717) is 5.56 Å². The second-order valence-electron chi connectivity index (χ2n) is 7.29. The van der Waals surface area contributed by atoms with Crippen molar-refractivity contribution >= 4 is 0 Å². The maximum atomic E-state index is 15.3. The Balaban J connectivity index is 2.06. The van der Waals surface area contributed by atoms with Gasteiger partial charge in [0.05, 0.1) is 16.5 Å². The van der Waals surface area contributed by atoms with Crippen LogP contribution in [0.5, 0.6) is 0 Å². The van der Waals surface area contributed by atoms with E-state index in [0.717, 1.165) is 27.8 Å². The van der Waals surface area contributed by atoms with E-state index in [-0.39, 0.29) is 11.1 Å². The summed E-state index contributed by atoms with van der Waals surface area (Å²) in [7, 11) is 0. The van der Waals surface area contributed by atoms with Gasteiger partial charge in [0, 0.05) is 5.56 Å². The molecule has 0 spiro atoms. The third-order valence-electron chi connectivity index (χ3n) is 5.91. The smallest absolute Gasteiger partial charge is 0.159 e. The van der Waals surface area contributed by atoms with Crippen molar-refractivity contribution in [1.82, 2.24) is 0 Å². The summed E-state index contributed by atoms with van der Waals surface area (Å²) in [6.07, 6.45) is 0. The molecule has 30 heavy (non-hydrogen) atoms. The Hall–Kier alpha value is -4.21. The van der Waals surface area contributed by atoms with Crippen LogP contribution in [0, 0.1) is 28.5 Å². The number of hydrogen-bond donors (Lipinski definition) is 0. The van der Waals surface area contributed by atoms with Crippen LogP contribution in [-0.4, -0.2) is 0 Å². The molecule has 3 heteroatoms. The van der Waals surface area contributed by atoms with Gasteiger partial charge < -0.3 is 0 Å². The summed E-state index contributed by atoms with van der Waals surface area (Å²) in [6.45, 7) is 0. The van der Waals surface area contributed by atoms with Crippen LogP contribution in [0.25, 0.3) is 11.1 Å². The highest BCUT2D eigenvalue weighted by Gasteiger charge is 2.48. The average Bonchev–Trinajstić information content (AvgIpc) is 3.11. The quantitative estimate of drug-likeness (QED) is 0.377. The molecule has 0 unspecified atom stereocenters. The normalized spacial score (nSPS) is 13.0. The van der Waals surface area contributed by atoms with E-state index in [1.165, 1.54) is 0 Å². The molecular weight excluding hydrogens is 371 g/mol. The zero-order valence-corrected chi connectivity index (χ0v) is 15.9. The number of benzene rings is 4. The van der Waals surface area contributed by atoms with E-state index >= 15 is 4.39 Å². The first kappa shape index (κ1) is 17.9. The predicted molar refractivity (Wildman–Crippen MR) is 113 cm³/mol. The van der Waals surface area contributed by atoms with Gasteiger partial charge >= 0.3 is 0 Å². The standard InChI is InChI=1S/C27H15FN2/c28-26-18(16-29)15-22-21-13-7-8-14-24(21)27(25(22)23(26)17-30,19-9-3-1-4-10-19)20-11-5-2-6-12-20/h1-15H. The first-order chi connectivity index (χ1) is 14.7. The van der Waals surface area contributed by atoms with Gasteiger partial charge in [-0.25, -0.2) is 4.39 Å². The third kappa shape index (κ3) is 2.21. The molecule has 0 bridgehead atoms. The lowest BCUT2D eigenvalue weighted by molar-refractivity contribution is 0.613. The minimum atomic E-state index is -0.853. The highest BCUT2D eigenvalue weighted by Crippen LogP contribution is 2.57. The number of rotatable bonds is 2. The zero-order valence-electron chi connectivity index (χ0n) is 15.9. The summed E-state index contributed by atoms with van der Waals surface area (Å²) in [4.78, 5) is 0. The fraction of sp³-hybridized carbons (Fsp3) is 0.0370. The molecular formula is C27H15FN2. The molecule has 0 atom stereocenters. The van der Waals surface area contributed by atoms with E-state index in [1.807, 2.05) is 91.0 Å². The predicted octanol–water partition coefficient (Wildman–Crippen LogP) is 5.93. The molecule has 2 nitrogen and oxygen atoms in total. The fourth-order valence-corrected chi connectivity index (χ4v) is 4.77. The monoisotopic (exact) mass is 386 g/mol. The molecule has 0 heterocycles. The Bertz CT molecular complexity index is 1320. The molecule has 0 saturated heterocycles. The van der Waals surface area contributed by atoms with Gasteiger partial charge in [-0.15, -0.1) is 0 Å². The number of nitrogens with zero attached hydrogens (tertiary/aromatic N) is 2. The van der Waals surface area contributed by atoms with E-state index in [1.54, 1.807) is 6.07 Å². The maximum Gasteiger partial charge on any atom is 0.159 e. The van der Waals surface area contributed by atoms with Crippen molar-refractivity contribution in [2.45, 2.75) is 5.41 Å². The molecule has 0 saturated carbocycles. The summed E-state index contributed by atoms with van der Waals surface area (Å²) in [5, 5.41) is 19.5. The lowest BCUT2D eigenvalue weighted by atomic mass is 9.66. The van der Waals surface area contributed by atoms with Crippen LogP contribution < -0.4 is 0 Å². The SMILES string of the molecule is N#Cc1cc2c(c(C#N)c1F)C(c1ccccc1)(c1ccccc1)c1ccccc1-2. The molecule has 1 aliphatic rings. The van der Waals surface area contributed by atoms with Gasteiger partial charge in [-0.3, -0.25) is 0 Å². The molecule has 0 aliphatic heterocycles. The fourth-order valence-electron chi connectivity index (χ4n) is 4.77. The summed E-state index contributed by atoms with van der Waals surface area (Å²) in [6, 6.07) is 33.2. The first-order valence-electron chi connectivity index (χ1n) is 9.61. The van der Waals surface area contributed by atoms with Gasteiger partial charge in [-0.05, 0) is 33.9 Å². The van der Waals surface area contributed by atoms with Crippen LogP contribution in [0.2, 0.25) is 0 Å². The Morgan fingerprint density at radius 1 is 0.667 bits per heavy atom. The lowest BCUT2D eigenvalue weighted by Gasteiger charge is -2.34. The third-order valence-corrected chi connectivity index (χ3v) is 5.91. The van der Waals surface area contributed by atoms with Crippen LogP contribution >= 0.6 is 0 Å². The highest BCUT2D eigenvalue weighted by molar-refractivity contribution is 5.89. The second-order valence-corrected chi connectivity index (χ2v) is 7.29. The van der Waals surface area contributed by atoms with Crippen molar-refractivity contribution in [3.63, 3.8) is 0 Å². The molecule has 4 aromatic rings. The van der Waals surface area contributed by atoms with E-state index in [9.17, 15) is 10.5 Å². The maximum absolute atomic E-state index is 15.3. The molecule has 0 N–H and O–H groups in total. The summed E-state index contributed by atoms with van der Waals surface area (Å²) in [5.74, 6) is -0.761. The van der Waals surface area contributed by atoms with Gasteiger partial charge in [0.25, 0.3) is 0 Å². The molecule has 0 aromatic heterocycles. The van der Waals surface area contributed by atoms with Crippen molar-refractivity contribution in [3.8, 4) is 23.3 Å². The van der Waals surface area contributed by atoms with Crippen molar-refractivity contribution in [2.24, 2.45) is 0 Å². The lowest BCUT2D eigenvalue weighted by Crippen LogP contribution is -2.30. The summed E-state index contributed by atoms with van der Waals surface area (Å²) in [5.41, 5.74) is 4.06. The van der Waals surface area contributed by atoms with Crippen LogP contribution in [0.15, 0.2) is 91.0 Å². The van der Waals surface area contributed by atoms with Gasteiger partial charge in [0.1, 0.15) is 12.1 Å². The number of halogens is 1. The zero-order chi connectivity index (χ0) is 20.7. The first-order valence-corrected chi connectivity index (χ1v) is 9.61. The number of hydrogen-bond acceptors (Lipinski definition) is 2. The van der Waals surface area contributed by atoms with E-state index < -0.39 is 11.2 Å². The van der Waals surface area contributed by atoms with Crippen molar-refractivity contribution in [2.75, 3.05) is 0 Å². The number of fused-ring (bicyclic) bond motifs is 3. The molecule has 0 radical (unpaired) electrons. The van der Waals surface area contributed by atoms with Crippen LogP contribution in [-0.2, 0) is 5.41 Å². The molecule has 4 aromatic carbocycles. The van der Waals surface area contributed by atoms with Gasteiger partial charge in [0.2, 0.25) is 0 Å². The topological polar surface area (TPSA) is 47.6 Å². The van der Waals surface area contributed by atoms with Crippen molar-refractivity contribution in [1.29, 1.82) is 10.5 Å². The Morgan fingerprint density at radius 3 is 1.80 bits per heavy atom. The highest BCUT2D eigenvalue weighted by atomic mass is 19.1. The van der Waals surface area contributed by atoms with E-state index in [4.69, 9.17) is 0 Å². The summed E-state index contributed by atoms with van der Waals surface area (Å²) >= 11 is 0. The molecule has 0 fully saturated rings. The van der Waals surface area contributed by atoms with Crippen molar-refractivity contribution in [3.05, 3.63) is 130 Å². The van der Waals surface area contributed by atoms with Crippen molar-refractivity contribution < 1.29 is 4.39 Å². The van der Waals surface area contributed by atoms with Gasteiger partial charge in [-0.1, -0.05) is 84.9 Å². The molecule has 0 amide bonds. The van der Waals surface area contributed by atoms with Gasteiger partial charge in [-0.2, -0.15) is 10.5 Å². The Morgan fingerprint density at radius 2 is 1.23 bits per heavy atom. The van der Waals surface area contributed by atoms with E-state index in [2.05, 4.69) is 6.07 Å². The molecule has 5 rings (SSSR count). The Labute approximate surface area is 174 Å². The largest absolute Gasteiger partial charge is 0.204 e. The van der Waals surface area contributed by atoms with Crippen LogP contribution in [0.1, 0.15) is 33.4 Å². The minimum Gasteiger partial charge on any atom is -0.204 e. The molecule has 140 valence electrons. The van der Waals surface area contributed by atoms with Crippen LogP contribution in [0.4, 0.5) is 4.39 Å². The van der Waals surface area contributed by atoms with Crippen LogP contribution in [0.3, 0.4) is 0 Å². The van der Waals surface area contributed by atoms with Gasteiger partial charge in [0.15, 0.2) is 5.82 Å². The average molecular weight is 386 g/mol. The molecule has 1 aliphatic carbocycles.